The normalized spacial score (nSPS) is 12.4. The number of amides is 2. The highest BCUT2D eigenvalue weighted by molar-refractivity contribution is 7.92. The summed E-state index contributed by atoms with van der Waals surface area (Å²) >= 11 is 12.8. The Morgan fingerprint density at radius 2 is 1.59 bits per heavy atom. The van der Waals surface area contributed by atoms with Gasteiger partial charge in [0.25, 0.3) is 10.0 Å². The summed E-state index contributed by atoms with van der Waals surface area (Å²) < 4.78 is 34.0. The lowest BCUT2D eigenvalue weighted by Crippen LogP contribution is -2.55. The summed E-state index contributed by atoms with van der Waals surface area (Å²) in [5.41, 5.74) is 0.235. The maximum Gasteiger partial charge on any atom is 0.264 e. The summed E-state index contributed by atoms with van der Waals surface area (Å²) in [5.74, 6) is -0.596. The zero-order chi connectivity index (χ0) is 30.4. The first-order valence-electron chi connectivity index (χ1n) is 13.0. The van der Waals surface area contributed by atoms with Crippen LogP contribution in [-0.2, 0) is 26.2 Å². The van der Waals surface area contributed by atoms with E-state index in [0.29, 0.717) is 16.3 Å². The molecule has 0 aliphatic carbocycles. The van der Waals surface area contributed by atoms with Crippen molar-refractivity contribution in [2.24, 2.45) is 0 Å². The number of nitrogens with one attached hydrogen (secondary N) is 1. The molecule has 1 N–H and O–H groups in total. The van der Waals surface area contributed by atoms with Gasteiger partial charge in [-0.15, -0.1) is 0 Å². The second kappa shape index (κ2) is 13.6. The van der Waals surface area contributed by atoms with Crippen molar-refractivity contribution in [2.75, 3.05) is 18.0 Å². The Bertz CT molecular complexity index is 1480. The summed E-state index contributed by atoms with van der Waals surface area (Å²) in [6, 6.07) is 18.4. The average molecular weight is 621 g/mol. The number of anilines is 1. The van der Waals surface area contributed by atoms with Crippen LogP contribution in [0.15, 0.2) is 77.7 Å². The SMILES string of the molecule is CC[C@@H](C(=O)NC(C)(C)C)N(Cc1ccccc1Cl)C(=O)CN(c1ccc(OC)c(Cl)c1)S(=O)(=O)c1ccccc1. The molecule has 0 aliphatic heterocycles. The molecule has 0 aliphatic rings. The fourth-order valence-electron chi connectivity index (χ4n) is 4.24. The molecule has 2 amide bonds. The van der Waals surface area contributed by atoms with Crippen LogP contribution < -0.4 is 14.4 Å². The van der Waals surface area contributed by atoms with Gasteiger partial charge in [-0.25, -0.2) is 8.42 Å². The quantitative estimate of drug-likeness (QED) is 0.287. The number of rotatable bonds is 11. The molecule has 3 aromatic carbocycles. The monoisotopic (exact) mass is 619 g/mol. The van der Waals surface area contributed by atoms with Crippen LogP contribution in [-0.4, -0.2) is 50.4 Å². The Morgan fingerprint density at radius 1 is 0.951 bits per heavy atom. The number of carbonyl (C=O) groups excluding carboxylic acids is 2. The molecule has 0 saturated heterocycles. The number of carbonyl (C=O) groups is 2. The summed E-state index contributed by atoms with van der Waals surface area (Å²) in [7, 11) is -2.77. The fourth-order valence-corrected chi connectivity index (χ4v) is 6.12. The molecule has 0 heterocycles. The third kappa shape index (κ3) is 8.15. The maximum absolute atomic E-state index is 14.1. The molecule has 11 heteroatoms. The molecule has 0 spiro atoms. The minimum absolute atomic E-state index is 0.00281. The first-order chi connectivity index (χ1) is 19.3. The molecule has 3 rings (SSSR count). The second-order valence-corrected chi connectivity index (χ2v) is 13.1. The van der Waals surface area contributed by atoms with Crippen LogP contribution in [0.1, 0.15) is 39.7 Å². The maximum atomic E-state index is 14.1. The number of hydrogen-bond donors (Lipinski definition) is 1. The Kier molecular flexibility index (Phi) is 10.7. The number of benzene rings is 3. The first-order valence-corrected chi connectivity index (χ1v) is 15.2. The molecule has 41 heavy (non-hydrogen) atoms. The van der Waals surface area contributed by atoms with Crippen LogP contribution >= 0.6 is 23.2 Å². The van der Waals surface area contributed by atoms with Crippen LogP contribution in [0.2, 0.25) is 10.0 Å². The lowest BCUT2D eigenvalue weighted by Gasteiger charge is -2.35. The van der Waals surface area contributed by atoms with E-state index in [1.54, 1.807) is 49.4 Å². The van der Waals surface area contributed by atoms with Gasteiger partial charge in [-0.3, -0.25) is 13.9 Å². The standard InChI is InChI=1S/C30H35Cl2N3O5S/c1-6-26(29(37)33-30(2,3)4)34(19-21-12-10-11-15-24(21)31)28(36)20-35(22-16-17-27(40-5)25(32)18-22)41(38,39)23-13-8-7-9-14-23/h7-18,26H,6,19-20H2,1-5H3,(H,33,37)/t26-/m0/s1. The predicted molar refractivity (Wildman–Crippen MR) is 163 cm³/mol. The minimum Gasteiger partial charge on any atom is -0.495 e. The zero-order valence-electron chi connectivity index (χ0n) is 23.7. The third-order valence-electron chi connectivity index (χ3n) is 6.22. The van der Waals surface area contributed by atoms with Gasteiger partial charge in [-0.1, -0.05) is 66.5 Å². The van der Waals surface area contributed by atoms with Gasteiger partial charge in [0, 0.05) is 17.1 Å². The number of sulfonamides is 1. The molecule has 0 aromatic heterocycles. The van der Waals surface area contributed by atoms with Crippen molar-refractivity contribution < 1.29 is 22.7 Å². The molecular formula is C30H35Cl2N3O5S. The lowest BCUT2D eigenvalue weighted by atomic mass is 10.1. The molecule has 0 unspecified atom stereocenters. The molecule has 0 bridgehead atoms. The highest BCUT2D eigenvalue weighted by Crippen LogP contribution is 2.32. The van der Waals surface area contributed by atoms with Crippen molar-refractivity contribution >= 4 is 50.7 Å². The Labute approximate surface area is 252 Å². The number of nitrogens with zero attached hydrogens (tertiary/aromatic N) is 2. The molecule has 8 nitrogen and oxygen atoms in total. The van der Waals surface area contributed by atoms with Gasteiger partial charge >= 0.3 is 0 Å². The predicted octanol–water partition coefficient (Wildman–Crippen LogP) is 5.92. The van der Waals surface area contributed by atoms with Gasteiger partial charge < -0.3 is 15.0 Å². The molecule has 3 aromatic rings. The number of halogens is 2. The molecular weight excluding hydrogens is 585 g/mol. The average Bonchev–Trinajstić information content (AvgIpc) is 2.92. The van der Waals surface area contributed by atoms with Crippen molar-refractivity contribution in [1.29, 1.82) is 0 Å². The van der Waals surface area contributed by atoms with E-state index in [2.05, 4.69) is 5.32 Å². The third-order valence-corrected chi connectivity index (χ3v) is 8.67. The van der Waals surface area contributed by atoms with E-state index < -0.39 is 34.1 Å². The van der Waals surface area contributed by atoms with Crippen molar-refractivity contribution in [1.82, 2.24) is 10.2 Å². The zero-order valence-corrected chi connectivity index (χ0v) is 26.1. The van der Waals surface area contributed by atoms with Crippen LogP contribution in [0.5, 0.6) is 5.75 Å². The Morgan fingerprint density at radius 3 is 2.15 bits per heavy atom. The van der Waals surface area contributed by atoms with Gasteiger partial charge in [0.15, 0.2) is 0 Å². The highest BCUT2D eigenvalue weighted by Gasteiger charge is 2.35. The van der Waals surface area contributed by atoms with Gasteiger partial charge in [0.2, 0.25) is 11.8 Å². The Balaban J connectivity index is 2.11. The van der Waals surface area contributed by atoms with Gasteiger partial charge in [-0.2, -0.15) is 0 Å². The second-order valence-electron chi connectivity index (χ2n) is 10.4. The highest BCUT2D eigenvalue weighted by atomic mass is 35.5. The van der Waals surface area contributed by atoms with E-state index in [1.165, 1.54) is 42.3 Å². The van der Waals surface area contributed by atoms with Gasteiger partial charge in [-0.05, 0) is 69.2 Å². The molecule has 0 fully saturated rings. The van der Waals surface area contributed by atoms with Crippen LogP contribution in [0, 0.1) is 0 Å². The van der Waals surface area contributed by atoms with E-state index in [4.69, 9.17) is 27.9 Å². The van der Waals surface area contributed by atoms with Crippen molar-refractivity contribution in [3.8, 4) is 5.75 Å². The molecule has 220 valence electrons. The topological polar surface area (TPSA) is 96.0 Å². The lowest BCUT2D eigenvalue weighted by molar-refractivity contribution is -0.141. The fraction of sp³-hybridized carbons (Fsp3) is 0.333. The van der Waals surface area contributed by atoms with Gasteiger partial charge in [0.1, 0.15) is 18.3 Å². The van der Waals surface area contributed by atoms with Crippen molar-refractivity contribution in [3.05, 3.63) is 88.4 Å². The number of ether oxygens (including phenoxy) is 1. The van der Waals surface area contributed by atoms with E-state index in [1.807, 2.05) is 20.8 Å². The van der Waals surface area contributed by atoms with E-state index in [-0.39, 0.29) is 34.5 Å². The number of methoxy groups -OCH3 is 1. The van der Waals surface area contributed by atoms with Crippen LogP contribution in [0.4, 0.5) is 5.69 Å². The van der Waals surface area contributed by atoms with E-state index >= 15 is 0 Å². The molecule has 0 radical (unpaired) electrons. The van der Waals surface area contributed by atoms with Crippen molar-refractivity contribution in [2.45, 2.75) is 57.1 Å². The van der Waals surface area contributed by atoms with Gasteiger partial charge in [0.05, 0.1) is 22.7 Å². The molecule has 0 saturated carbocycles. The van der Waals surface area contributed by atoms with E-state index in [9.17, 15) is 18.0 Å². The Hall–Kier alpha value is -3.27. The summed E-state index contributed by atoms with van der Waals surface area (Å²) in [4.78, 5) is 28.9. The van der Waals surface area contributed by atoms with Crippen LogP contribution in [0.3, 0.4) is 0 Å². The summed E-state index contributed by atoms with van der Waals surface area (Å²) in [6.07, 6.45) is 0.290. The number of hydrogen-bond acceptors (Lipinski definition) is 5. The largest absolute Gasteiger partial charge is 0.495 e. The van der Waals surface area contributed by atoms with Crippen molar-refractivity contribution in [3.63, 3.8) is 0 Å². The smallest absolute Gasteiger partial charge is 0.264 e. The molecule has 1 atom stereocenters. The minimum atomic E-state index is -4.22. The van der Waals surface area contributed by atoms with E-state index in [0.717, 1.165) is 4.31 Å². The summed E-state index contributed by atoms with van der Waals surface area (Å²) in [6.45, 7) is 6.74. The first kappa shape index (κ1) is 32.2. The van der Waals surface area contributed by atoms with Crippen LogP contribution in [0.25, 0.3) is 0 Å². The summed E-state index contributed by atoms with van der Waals surface area (Å²) in [5, 5.41) is 3.54.